The molecule has 1 aromatic carbocycles. The predicted molar refractivity (Wildman–Crippen MR) is 98.4 cm³/mol. The lowest BCUT2D eigenvalue weighted by Gasteiger charge is -2.14. The number of rotatable bonds is 10. The van der Waals surface area contributed by atoms with Crippen LogP contribution >= 0.6 is 23.5 Å². The van der Waals surface area contributed by atoms with E-state index in [1.165, 1.54) is 6.08 Å². The SMILES string of the molecule is COc1ccc(OC)c(/C=C/C(=O)NC(CO)CSCSC)c1. The van der Waals surface area contributed by atoms with Crippen LogP contribution in [0.15, 0.2) is 24.3 Å². The summed E-state index contributed by atoms with van der Waals surface area (Å²) >= 11 is 3.40. The van der Waals surface area contributed by atoms with Crippen LogP contribution in [-0.2, 0) is 4.79 Å². The normalized spacial score (nSPS) is 12.2. The van der Waals surface area contributed by atoms with Crippen LogP contribution in [0, 0.1) is 0 Å². The van der Waals surface area contributed by atoms with Gasteiger partial charge in [0, 0.05) is 22.5 Å². The molecule has 0 aliphatic carbocycles. The maximum atomic E-state index is 12.0. The van der Waals surface area contributed by atoms with Gasteiger partial charge in [0.1, 0.15) is 11.5 Å². The molecule has 2 N–H and O–H groups in total. The van der Waals surface area contributed by atoms with Gasteiger partial charge in [0.15, 0.2) is 0 Å². The van der Waals surface area contributed by atoms with E-state index in [0.717, 1.165) is 10.6 Å². The number of aliphatic hydroxyl groups excluding tert-OH is 1. The molecule has 23 heavy (non-hydrogen) atoms. The molecule has 1 unspecified atom stereocenters. The van der Waals surface area contributed by atoms with E-state index >= 15 is 0 Å². The van der Waals surface area contributed by atoms with E-state index < -0.39 is 0 Å². The number of amides is 1. The fourth-order valence-electron chi connectivity index (χ4n) is 1.80. The fourth-order valence-corrected chi connectivity index (χ4v) is 3.32. The number of ether oxygens (including phenoxy) is 2. The van der Waals surface area contributed by atoms with E-state index in [-0.39, 0.29) is 18.6 Å². The second-order valence-electron chi connectivity index (χ2n) is 4.61. The largest absolute Gasteiger partial charge is 0.497 e. The zero-order valence-corrected chi connectivity index (χ0v) is 15.2. The van der Waals surface area contributed by atoms with Gasteiger partial charge in [0.05, 0.1) is 26.9 Å². The third-order valence-corrected chi connectivity index (χ3v) is 5.19. The van der Waals surface area contributed by atoms with Crippen molar-refractivity contribution in [3.05, 3.63) is 29.8 Å². The monoisotopic (exact) mass is 357 g/mol. The van der Waals surface area contributed by atoms with Crippen LogP contribution in [-0.4, -0.2) is 55.0 Å². The molecule has 0 bridgehead atoms. The summed E-state index contributed by atoms with van der Waals surface area (Å²) in [5.41, 5.74) is 0.749. The summed E-state index contributed by atoms with van der Waals surface area (Å²) < 4.78 is 10.4. The Labute approximate surface area is 145 Å². The Morgan fingerprint density at radius 2 is 2.17 bits per heavy atom. The summed E-state index contributed by atoms with van der Waals surface area (Å²) in [5.74, 6) is 1.77. The summed E-state index contributed by atoms with van der Waals surface area (Å²) in [7, 11) is 3.16. The average Bonchev–Trinajstić information content (AvgIpc) is 2.58. The highest BCUT2D eigenvalue weighted by atomic mass is 32.2. The quantitative estimate of drug-likeness (QED) is 0.380. The van der Waals surface area contributed by atoms with Crippen molar-refractivity contribution in [2.24, 2.45) is 0 Å². The first-order valence-corrected chi connectivity index (χ1v) is 9.57. The molecule has 0 spiro atoms. The van der Waals surface area contributed by atoms with Crippen molar-refractivity contribution < 1.29 is 19.4 Å². The van der Waals surface area contributed by atoms with Gasteiger partial charge in [0.25, 0.3) is 0 Å². The summed E-state index contributed by atoms with van der Waals surface area (Å²) in [6, 6.07) is 5.12. The van der Waals surface area contributed by atoms with Crippen LogP contribution in [0.2, 0.25) is 0 Å². The number of carbonyl (C=O) groups is 1. The molecule has 0 heterocycles. The van der Waals surface area contributed by atoms with Crippen molar-refractivity contribution in [1.29, 1.82) is 0 Å². The molecule has 0 aliphatic heterocycles. The minimum absolute atomic E-state index is 0.0799. The topological polar surface area (TPSA) is 67.8 Å². The second-order valence-corrected chi connectivity index (χ2v) is 6.87. The van der Waals surface area contributed by atoms with Crippen LogP contribution in [0.1, 0.15) is 5.56 Å². The van der Waals surface area contributed by atoms with Gasteiger partial charge in [0.2, 0.25) is 5.91 Å². The Hall–Kier alpha value is -1.31. The van der Waals surface area contributed by atoms with Crippen molar-refractivity contribution in [2.75, 3.05) is 37.9 Å². The minimum atomic E-state index is -0.253. The van der Waals surface area contributed by atoms with Gasteiger partial charge < -0.3 is 19.9 Å². The van der Waals surface area contributed by atoms with E-state index in [1.54, 1.807) is 62.0 Å². The van der Waals surface area contributed by atoms with Crippen molar-refractivity contribution in [3.8, 4) is 11.5 Å². The molecule has 1 rings (SSSR count). The van der Waals surface area contributed by atoms with Gasteiger partial charge in [-0.3, -0.25) is 4.79 Å². The molecule has 0 radical (unpaired) electrons. The molecule has 5 nitrogen and oxygen atoms in total. The van der Waals surface area contributed by atoms with E-state index in [1.807, 2.05) is 6.26 Å². The third kappa shape index (κ3) is 7.20. The summed E-state index contributed by atoms with van der Waals surface area (Å²) in [6.45, 7) is -0.0799. The first kappa shape index (κ1) is 19.7. The van der Waals surface area contributed by atoms with Crippen molar-refractivity contribution in [3.63, 3.8) is 0 Å². The van der Waals surface area contributed by atoms with Crippen molar-refractivity contribution >= 4 is 35.5 Å². The van der Waals surface area contributed by atoms with Gasteiger partial charge >= 0.3 is 0 Å². The molecule has 7 heteroatoms. The second kappa shape index (κ2) is 11.3. The third-order valence-electron chi connectivity index (χ3n) is 2.94. The summed E-state index contributed by atoms with van der Waals surface area (Å²) in [5, 5.41) is 13.0. The molecule has 1 aromatic rings. The number of benzene rings is 1. The van der Waals surface area contributed by atoms with E-state index in [4.69, 9.17) is 9.47 Å². The Kier molecular flexibility index (Phi) is 9.66. The maximum Gasteiger partial charge on any atom is 0.244 e. The van der Waals surface area contributed by atoms with E-state index in [9.17, 15) is 9.90 Å². The first-order chi connectivity index (χ1) is 11.1. The van der Waals surface area contributed by atoms with Gasteiger partial charge in [-0.2, -0.15) is 11.8 Å². The standard InChI is InChI=1S/C16H23NO4S2/c1-20-14-5-6-15(21-2)12(8-14)4-7-16(19)17-13(9-18)10-23-11-22-3/h4-8,13,18H,9-11H2,1-3H3,(H,17,19)/b7-4+. The number of thioether (sulfide) groups is 2. The predicted octanol–water partition coefficient (Wildman–Crippen LogP) is 2.25. The number of methoxy groups -OCH3 is 2. The Balaban J connectivity index is 2.66. The molecule has 0 saturated carbocycles. The maximum absolute atomic E-state index is 12.0. The smallest absolute Gasteiger partial charge is 0.244 e. The lowest BCUT2D eigenvalue weighted by molar-refractivity contribution is -0.117. The molecule has 0 aliphatic rings. The summed E-state index contributed by atoms with van der Waals surface area (Å²) in [6.07, 6.45) is 5.11. The Morgan fingerprint density at radius 3 is 2.78 bits per heavy atom. The lowest BCUT2D eigenvalue weighted by Crippen LogP contribution is -2.38. The molecule has 0 fully saturated rings. The number of hydrogen-bond acceptors (Lipinski definition) is 6. The van der Waals surface area contributed by atoms with Crippen LogP contribution in [0.3, 0.4) is 0 Å². The number of carbonyl (C=O) groups excluding carboxylic acids is 1. The zero-order chi connectivity index (χ0) is 17.1. The molecule has 0 aromatic heterocycles. The Morgan fingerprint density at radius 1 is 1.39 bits per heavy atom. The van der Waals surface area contributed by atoms with E-state index in [0.29, 0.717) is 17.3 Å². The highest BCUT2D eigenvalue weighted by Gasteiger charge is 2.10. The summed E-state index contributed by atoms with van der Waals surface area (Å²) in [4.78, 5) is 12.0. The minimum Gasteiger partial charge on any atom is -0.497 e. The van der Waals surface area contributed by atoms with Crippen LogP contribution in [0.4, 0.5) is 0 Å². The van der Waals surface area contributed by atoms with Crippen LogP contribution in [0.5, 0.6) is 11.5 Å². The van der Waals surface area contributed by atoms with Gasteiger partial charge in [-0.25, -0.2) is 0 Å². The molecule has 128 valence electrons. The van der Waals surface area contributed by atoms with Gasteiger partial charge in [-0.05, 0) is 30.5 Å². The molecule has 1 amide bonds. The van der Waals surface area contributed by atoms with Gasteiger partial charge in [-0.1, -0.05) is 0 Å². The number of nitrogens with one attached hydrogen (secondary N) is 1. The highest BCUT2D eigenvalue weighted by molar-refractivity contribution is 8.15. The molecular formula is C16H23NO4S2. The van der Waals surface area contributed by atoms with E-state index in [2.05, 4.69) is 5.32 Å². The highest BCUT2D eigenvalue weighted by Crippen LogP contribution is 2.25. The van der Waals surface area contributed by atoms with Gasteiger partial charge in [-0.15, -0.1) is 11.8 Å². The molecular weight excluding hydrogens is 334 g/mol. The van der Waals surface area contributed by atoms with Crippen molar-refractivity contribution in [2.45, 2.75) is 6.04 Å². The molecule has 1 atom stereocenters. The number of hydrogen-bond donors (Lipinski definition) is 2. The Bertz CT molecular complexity index is 523. The lowest BCUT2D eigenvalue weighted by atomic mass is 10.1. The average molecular weight is 357 g/mol. The fraction of sp³-hybridized carbons (Fsp3) is 0.438. The van der Waals surface area contributed by atoms with Crippen molar-refractivity contribution in [1.82, 2.24) is 5.32 Å². The first-order valence-electron chi connectivity index (χ1n) is 7.02. The molecule has 0 saturated heterocycles. The van der Waals surface area contributed by atoms with Crippen LogP contribution < -0.4 is 14.8 Å². The number of aliphatic hydroxyl groups is 1. The van der Waals surface area contributed by atoms with Crippen LogP contribution in [0.25, 0.3) is 6.08 Å². The zero-order valence-electron chi connectivity index (χ0n) is 13.6.